The highest BCUT2D eigenvalue weighted by Crippen LogP contribution is 2.54. The van der Waals surface area contributed by atoms with Crippen molar-refractivity contribution in [2.75, 3.05) is 23.4 Å². The van der Waals surface area contributed by atoms with Gasteiger partial charge in [-0.15, -0.1) is 0 Å². The summed E-state index contributed by atoms with van der Waals surface area (Å²) in [6.07, 6.45) is 0. The third kappa shape index (κ3) is 6.10. The quantitative estimate of drug-likeness (QED) is 0.178. The van der Waals surface area contributed by atoms with Crippen molar-refractivity contribution in [1.82, 2.24) is 4.98 Å². The lowest BCUT2D eigenvalue weighted by Crippen LogP contribution is -2.32. The summed E-state index contributed by atoms with van der Waals surface area (Å²) in [5, 5.41) is 3.20. The predicted octanol–water partition coefficient (Wildman–Crippen LogP) is 5.73. The molecule has 1 saturated heterocycles. The van der Waals surface area contributed by atoms with Gasteiger partial charge >= 0.3 is 10.8 Å². The molecular weight excluding hydrogens is 661 g/mol. The maximum absolute atomic E-state index is 14.1. The lowest BCUT2D eigenvalue weighted by molar-refractivity contribution is -0.122. The lowest BCUT2D eigenvalue weighted by atomic mass is 9.82. The van der Waals surface area contributed by atoms with E-state index in [1.54, 1.807) is 49.4 Å². The maximum Gasteiger partial charge on any atom is 0.338 e. The van der Waals surface area contributed by atoms with Crippen LogP contribution in [0.5, 0.6) is 5.75 Å². The summed E-state index contributed by atoms with van der Waals surface area (Å²) in [5.41, 5.74) is 1.56. The second-order valence-corrected chi connectivity index (χ2v) is 13.1. The van der Waals surface area contributed by atoms with E-state index in [9.17, 15) is 24.0 Å². The molecule has 2 unspecified atom stereocenters. The van der Waals surface area contributed by atoms with E-state index in [0.717, 1.165) is 28.0 Å². The number of benzene rings is 3. The Labute approximate surface area is 274 Å². The van der Waals surface area contributed by atoms with Crippen LogP contribution in [0.15, 0.2) is 76.6 Å². The number of thioether (sulfide) groups is 1. The van der Waals surface area contributed by atoms with Gasteiger partial charge in [0.15, 0.2) is 6.61 Å². The van der Waals surface area contributed by atoms with Crippen molar-refractivity contribution in [3.8, 4) is 5.75 Å². The summed E-state index contributed by atoms with van der Waals surface area (Å²) < 4.78 is 11.0. The molecule has 3 amide bonds. The van der Waals surface area contributed by atoms with Crippen LogP contribution in [0.4, 0.5) is 11.4 Å². The number of nitrogens with one attached hydrogen (secondary N) is 2. The average Bonchev–Trinajstić information content (AvgIpc) is 3.51. The first-order valence-corrected chi connectivity index (χ1v) is 16.1. The first-order chi connectivity index (χ1) is 21.6. The van der Waals surface area contributed by atoms with Gasteiger partial charge in [0.25, 0.3) is 5.91 Å². The number of esters is 1. The molecule has 2 aliphatic heterocycles. The third-order valence-electron chi connectivity index (χ3n) is 7.25. The van der Waals surface area contributed by atoms with Crippen molar-refractivity contribution in [3.63, 3.8) is 0 Å². The number of H-pyrrole nitrogens is 1. The molecule has 45 heavy (non-hydrogen) atoms. The van der Waals surface area contributed by atoms with E-state index in [4.69, 9.17) is 32.7 Å². The van der Waals surface area contributed by atoms with Gasteiger partial charge in [-0.25, -0.2) is 9.69 Å². The fourth-order valence-electron chi connectivity index (χ4n) is 5.34. The van der Waals surface area contributed by atoms with E-state index in [1.165, 1.54) is 24.3 Å². The molecular formula is C31H23Cl2N3O7S2. The van der Waals surface area contributed by atoms with Crippen LogP contribution in [-0.2, 0) is 19.1 Å². The van der Waals surface area contributed by atoms with Crippen molar-refractivity contribution < 1.29 is 28.7 Å². The lowest BCUT2D eigenvalue weighted by Gasteiger charge is -2.31. The molecule has 0 aliphatic carbocycles. The summed E-state index contributed by atoms with van der Waals surface area (Å²) >= 11 is 14.4. The number of fused-ring (bicyclic) bond motifs is 2. The third-order valence-corrected chi connectivity index (χ3v) is 10.1. The van der Waals surface area contributed by atoms with E-state index in [-0.39, 0.29) is 29.4 Å². The number of ether oxygens (including phenoxy) is 2. The second kappa shape index (κ2) is 12.7. The molecule has 2 N–H and O–H groups in total. The number of imide groups is 1. The number of rotatable bonds is 8. The molecule has 1 fully saturated rings. The molecule has 14 heteroatoms. The van der Waals surface area contributed by atoms with Gasteiger partial charge in [0.2, 0.25) is 11.8 Å². The number of nitrogens with zero attached hydrogens (tertiary/aromatic N) is 1. The van der Waals surface area contributed by atoms with E-state index < -0.39 is 40.8 Å². The van der Waals surface area contributed by atoms with Gasteiger partial charge in [-0.1, -0.05) is 46.3 Å². The first-order valence-electron chi connectivity index (χ1n) is 13.7. The van der Waals surface area contributed by atoms with Gasteiger partial charge in [-0.05, 0) is 73.7 Å². The standard InChI is InChI=1S/C31H23Cl2N3O7S2/c1-2-42-30(40)15-3-10-19(11-4-15)36-28(38)24-23(25-27(35-31(41)45-25)44-26(24)29(36)39)20-13-17(33)7-12-21(20)43-14-22(37)34-18-8-5-16(32)6-9-18/h3-13,23-24,26H,2,14H2,1H3,(H,34,37)(H,35,41)/t23-,24?,26?/m1/s1. The van der Waals surface area contributed by atoms with E-state index >= 15 is 0 Å². The molecule has 10 nitrogen and oxygen atoms in total. The zero-order chi connectivity index (χ0) is 31.8. The summed E-state index contributed by atoms with van der Waals surface area (Å²) in [6, 6.07) is 17.4. The highest BCUT2D eigenvalue weighted by atomic mass is 35.5. The van der Waals surface area contributed by atoms with Gasteiger partial charge in [0.1, 0.15) is 11.0 Å². The zero-order valence-corrected chi connectivity index (χ0v) is 26.5. The zero-order valence-electron chi connectivity index (χ0n) is 23.4. The Morgan fingerprint density at radius 3 is 2.38 bits per heavy atom. The van der Waals surface area contributed by atoms with Crippen LogP contribution in [-0.4, -0.2) is 47.1 Å². The first kappa shape index (κ1) is 30.9. The van der Waals surface area contributed by atoms with Crippen molar-refractivity contribution >= 4 is 81.4 Å². The number of hydrogen-bond acceptors (Lipinski definition) is 9. The summed E-state index contributed by atoms with van der Waals surface area (Å²) in [7, 11) is 0. The summed E-state index contributed by atoms with van der Waals surface area (Å²) in [5.74, 6) is -3.34. The molecule has 230 valence electrons. The van der Waals surface area contributed by atoms with Crippen LogP contribution in [0.2, 0.25) is 10.0 Å². The van der Waals surface area contributed by atoms with Crippen molar-refractivity contribution in [2.24, 2.45) is 5.92 Å². The highest BCUT2D eigenvalue weighted by molar-refractivity contribution is 8.00. The topological polar surface area (TPSA) is 135 Å². The minimum absolute atomic E-state index is 0.208. The molecule has 3 aromatic carbocycles. The molecule has 4 aromatic rings. The van der Waals surface area contributed by atoms with Crippen LogP contribution < -0.4 is 19.8 Å². The summed E-state index contributed by atoms with van der Waals surface area (Å²) in [6.45, 7) is 1.54. The molecule has 3 atom stereocenters. The van der Waals surface area contributed by atoms with Crippen LogP contribution in [0.3, 0.4) is 0 Å². The maximum atomic E-state index is 14.1. The fourth-order valence-corrected chi connectivity index (χ4v) is 8.15. The molecule has 0 bridgehead atoms. The second-order valence-electron chi connectivity index (χ2n) is 10.1. The number of aromatic nitrogens is 1. The van der Waals surface area contributed by atoms with Crippen LogP contribution in [0.25, 0.3) is 0 Å². The molecule has 6 rings (SSSR count). The normalized spacial score (nSPS) is 18.7. The minimum atomic E-state index is -0.921. The highest BCUT2D eigenvalue weighted by Gasteiger charge is 2.57. The van der Waals surface area contributed by atoms with Crippen LogP contribution in [0, 0.1) is 5.92 Å². The number of amides is 3. The van der Waals surface area contributed by atoms with Gasteiger partial charge in [-0.2, -0.15) is 0 Å². The Bertz CT molecular complexity index is 1880. The molecule has 3 heterocycles. The SMILES string of the molecule is CCOC(=O)c1ccc(N2C(=O)C3Sc4[nH]c(=O)sc4[C@H](c4cc(Cl)ccc4OCC(=O)Nc4ccc(Cl)cc4)C3C2=O)cc1. The van der Waals surface area contributed by atoms with Crippen molar-refractivity contribution in [1.29, 1.82) is 0 Å². The number of anilines is 2. The fraction of sp³-hybridized carbons (Fsp3) is 0.194. The van der Waals surface area contributed by atoms with Crippen molar-refractivity contribution in [2.45, 2.75) is 23.1 Å². The molecule has 1 aromatic heterocycles. The number of thiazole rings is 1. The molecule has 0 spiro atoms. The van der Waals surface area contributed by atoms with Crippen molar-refractivity contribution in [3.05, 3.63) is 102 Å². The number of carbonyl (C=O) groups excluding carboxylic acids is 4. The van der Waals surface area contributed by atoms with Crippen LogP contribution >= 0.6 is 46.3 Å². The van der Waals surface area contributed by atoms with Gasteiger partial charge in [-0.3, -0.25) is 19.2 Å². The average molecular weight is 685 g/mol. The Hall–Kier alpha value is -4.10. The predicted molar refractivity (Wildman–Crippen MR) is 172 cm³/mol. The van der Waals surface area contributed by atoms with E-state index in [1.807, 2.05) is 0 Å². The van der Waals surface area contributed by atoms with Gasteiger partial charge in [0.05, 0.1) is 28.8 Å². The number of halogens is 2. The van der Waals surface area contributed by atoms with Gasteiger partial charge in [0, 0.05) is 32.1 Å². The molecule has 2 aliphatic rings. The Morgan fingerprint density at radius 2 is 1.67 bits per heavy atom. The monoisotopic (exact) mass is 683 g/mol. The van der Waals surface area contributed by atoms with E-state index in [0.29, 0.717) is 36.9 Å². The van der Waals surface area contributed by atoms with E-state index in [2.05, 4.69) is 10.3 Å². The van der Waals surface area contributed by atoms with Gasteiger partial charge < -0.3 is 19.8 Å². The summed E-state index contributed by atoms with van der Waals surface area (Å²) in [4.78, 5) is 69.4. The Kier molecular flexibility index (Phi) is 8.74. The molecule has 0 radical (unpaired) electrons. The number of hydrogen-bond donors (Lipinski definition) is 2. The van der Waals surface area contributed by atoms with Crippen LogP contribution in [0.1, 0.15) is 33.6 Å². The Balaban J connectivity index is 1.33. The largest absolute Gasteiger partial charge is 0.483 e. The number of carbonyl (C=O) groups is 4. The molecule has 0 saturated carbocycles. The smallest absolute Gasteiger partial charge is 0.338 e. The number of aromatic amines is 1. The Morgan fingerprint density at radius 1 is 0.956 bits per heavy atom. The minimum Gasteiger partial charge on any atom is -0.483 e.